The van der Waals surface area contributed by atoms with E-state index in [1.165, 1.54) is 0 Å². The van der Waals surface area contributed by atoms with Crippen LogP contribution in [0.5, 0.6) is 0 Å². The minimum atomic E-state index is -3.37. The molecule has 0 aliphatic carbocycles. The Kier molecular flexibility index (Phi) is 5.62. The van der Waals surface area contributed by atoms with Gasteiger partial charge < -0.3 is 10.3 Å². The quantitative estimate of drug-likeness (QED) is 0.620. The molecule has 0 saturated carbocycles. The van der Waals surface area contributed by atoms with E-state index in [0.717, 1.165) is 22.2 Å². The molecular formula is C21H22N4O3S. The van der Waals surface area contributed by atoms with Gasteiger partial charge in [-0.25, -0.2) is 8.42 Å². The number of nitrogens with two attached hydrogens (primary N) is 1. The molecule has 0 unspecified atom stereocenters. The molecule has 1 amide bonds. The minimum absolute atomic E-state index is 0.0552. The Morgan fingerprint density at radius 2 is 1.86 bits per heavy atom. The summed E-state index contributed by atoms with van der Waals surface area (Å²) in [6, 6.07) is 14.2. The molecule has 29 heavy (non-hydrogen) atoms. The Labute approximate surface area is 169 Å². The van der Waals surface area contributed by atoms with Crippen molar-refractivity contribution in [3.05, 3.63) is 53.6 Å². The molecular weight excluding hydrogens is 388 g/mol. The van der Waals surface area contributed by atoms with Gasteiger partial charge >= 0.3 is 0 Å². The number of hydrogen-bond acceptors (Lipinski definition) is 4. The van der Waals surface area contributed by atoms with Crippen molar-refractivity contribution < 1.29 is 13.2 Å². The van der Waals surface area contributed by atoms with Crippen LogP contribution in [0.1, 0.15) is 36.2 Å². The summed E-state index contributed by atoms with van der Waals surface area (Å²) >= 11 is 0. The van der Waals surface area contributed by atoms with Crippen LogP contribution in [0, 0.1) is 11.3 Å². The maximum Gasteiger partial charge on any atom is 0.248 e. The number of benzene rings is 2. The van der Waals surface area contributed by atoms with Crippen LogP contribution in [-0.2, 0) is 16.6 Å². The lowest BCUT2D eigenvalue weighted by atomic mass is 10.0. The SMILES string of the molecule is CCCS(=O)(=O)Nc1ccc(-c2c(C#N)c3ccc(C(N)=O)cc3n2CC)cc1. The normalized spacial score (nSPS) is 11.3. The largest absolute Gasteiger partial charge is 0.366 e. The molecule has 0 bridgehead atoms. The van der Waals surface area contributed by atoms with Gasteiger partial charge in [-0.15, -0.1) is 0 Å². The van der Waals surface area contributed by atoms with E-state index in [1.807, 2.05) is 11.5 Å². The second-order valence-corrected chi connectivity index (χ2v) is 8.52. The number of anilines is 1. The number of hydrogen-bond donors (Lipinski definition) is 2. The van der Waals surface area contributed by atoms with E-state index in [9.17, 15) is 18.5 Å². The molecule has 7 nitrogen and oxygen atoms in total. The van der Waals surface area contributed by atoms with Crippen molar-refractivity contribution in [3.8, 4) is 17.3 Å². The third kappa shape index (κ3) is 3.96. The zero-order valence-corrected chi connectivity index (χ0v) is 17.1. The van der Waals surface area contributed by atoms with Crippen molar-refractivity contribution in [3.63, 3.8) is 0 Å². The average Bonchev–Trinajstić information content (AvgIpc) is 3.00. The van der Waals surface area contributed by atoms with Crippen LogP contribution in [0.4, 0.5) is 5.69 Å². The van der Waals surface area contributed by atoms with E-state index in [0.29, 0.717) is 29.8 Å². The molecule has 0 saturated heterocycles. The van der Waals surface area contributed by atoms with Gasteiger partial charge in [-0.3, -0.25) is 9.52 Å². The topological polar surface area (TPSA) is 118 Å². The Bertz CT molecular complexity index is 1220. The summed E-state index contributed by atoms with van der Waals surface area (Å²) in [7, 11) is -3.37. The van der Waals surface area contributed by atoms with E-state index in [1.54, 1.807) is 49.4 Å². The molecule has 1 aromatic heterocycles. The van der Waals surface area contributed by atoms with Crippen molar-refractivity contribution in [2.24, 2.45) is 5.73 Å². The predicted molar refractivity (Wildman–Crippen MR) is 114 cm³/mol. The second kappa shape index (κ2) is 7.97. The van der Waals surface area contributed by atoms with E-state index >= 15 is 0 Å². The summed E-state index contributed by atoms with van der Waals surface area (Å²) in [5.41, 5.74) is 8.99. The molecule has 3 rings (SSSR count). The molecule has 0 spiro atoms. The number of rotatable bonds is 7. The summed E-state index contributed by atoms with van der Waals surface area (Å²) in [6.45, 7) is 4.34. The Balaban J connectivity index is 2.12. The maximum atomic E-state index is 12.0. The molecule has 3 aromatic rings. The molecule has 0 fully saturated rings. The summed E-state index contributed by atoms with van der Waals surface area (Å²) < 4.78 is 28.4. The Hall–Kier alpha value is -3.31. The van der Waals surface area contributed by atoms with Crippen LogP contribution >= 0.6 is 0 Å². The molecule has 150 valence electrons. The predicted octanol–water partition coefficient (Wildman–Crippen LogP) is 3.45. The van der Waals surface area contributed by atoms with Gasteiger partial charge in [-0.05, 0) is 43.2 Å². The molecule has 8 heteroatoms. The van der Waals surface area contributed by atoms with Gasteiger partial charge in [0.25, 0.3) is 0 Å². The van der Waals surface area contributed by atoms with Crippen LogP contribution in [0.15, 0.2) is 42.5 Å². The van der Waals surface area contributed by atoms with Crippen molar-refractivity contribution in [1.82, 2.24) is 4.57 Å². The molecule has 2 aromatic carbocycles. The Morgan fingerprint density at radius 3 is 2.41 bits per heavy atom. The van der Waals surface area contributed by atoms with Crippen molar-refractivity contribution >= 4 is 32.5 Å². The smallest absolute Gasteiger partial charge is 0.248 e. The number of aromatic nitrogens is 1. The highest BCUT2D eigenvalue weighted by atomic mass is 32.2. The van der Waals surface area contributed by atoms with E-state index in [2.05, 4.69) is 10.8 Å². The van der Waals surface area contributed by atoms with Crippen LogP contribution in [0.2, 0.25) is 0 Å². The second-order valence-electron chi connectivity index (χ2n) is 6.67. The van der Waals surface area contributed by atoms with E-state index in [-0.39, 0.29) is 5.75 Å². The van der Waals surface area contributed by atoms with Gasteiger partial charge in [0, 0.05) is 23.2 Å². The first-order valence-corrected chi connectivity index (χ1v) is 10.9. The van der Waals surface area contributed by atoms with Crippen molar-refractivity contribution in [2.75, 3.05) is 10.5 Å². The molecule has 0 radical (unpaired) electrons. The highest BCUT2D eigenvalue weighted by Crippen LogP contribution is 2.34. The number of fused-ring (bicyclic) bond motifs is 1. The van der Waals surface area contributed by atoms with E-state index in [4.69, 9.17) is 5.73 Å². The number of aryl methyl sites for hydroxylation is 1. The minimum Gasteiger partial charge on any atom is -0.366 e. The summed E-state index contributed by atoms with van der Waals surface area (Å²) in [5, 5.41) is 10.5. The fourth-order valence-electron chi connectivity index (χ4n) is 3.44. The Morgan fingerprint density at radius 1 is 1.17 bits per heavy atom. The third-order valence-corrected chi connectivity index (χ3v) is 6.17. The van der Waals surface area contributed by atoms with Crippen LogP contribution in [0.25, 0.3) is 22.2 Å². The van der Waals surface area contributed by atoms with Gasteiger partial charge in [-0.2, -0.15) is 5.26 Å². The zero-order chi connectivity index (χ0) is 21.2. The molecule has 1 heterocycles. The van der Waals surface area contributed by atoms with Crippen molar-refractivity contribution in [2.45, 2.75) is 26.8 Å². The lowest BCUT2D eigenvalue weighted by molar-refractivity contribution is 0.100. The highest BCUT2D eigenvalue weighted by Gasteiger charge is 2.19. The van der Waals surface area contributed by atoms with Gasteiger partial charge in [0.2, 0.25) is 15.9 Å². The molecule has 3 N–H and O–H groups in total. The number of nitrogens with zero attached hydrogens (tertiary/aromatic N) is 2. The summed E-state index contributed by atoms with van der Waals surface area (Å²) in [5.74, 6) is -0.473. The summed E-state index contributed by atoms with van der Waals surface area (Å²) in [6.07, 6.45) is 0.531. The first-order valence-electron chi connectivity index (χ1n) is 9.28. The number of carbonyl (C=O) groups excluding carboxylic acids is 1. The number of carbonyl (C=O) groups is 1. The van der Waals surface area contributed by atoms with Crippen LogP contribution < -0.4 is 10.5 Å². The maximum absolute atomic E-state index is 12.0. The van der Waals surface area contributed by atoms with Crippen LogP contribution in [-0.4, -0.2) is 24.6 Å². The van der Waals surface area contributed by atoms with Gasteiger partial charge in [0.15, 0.2) is 0 Å². The van der Waals surface area contributed by atoms with Gasteiger partial charge in [0.1, 0.15) is 6.07 Å². The number of nitriles is 1. The standard InChI is InChI=1S/C21H22N4O3S/c1-3-11-29(27,28)24-16-8-5-14(6-9-16)20-18(13-22)17-10-7-15(21(23)26)12-19(17)25(20)4-2/h5-10,12,24H,3-4,11H2,1-2H3,(H2,23,26). The first kappa shape index (κ1) is 20.4. The van der Waals surface area contributed by atoms with E-state index < -0.39 is 15.9 Å². The first-order chi connectivity index (χ1) is 13.8. The zero-order valence-electron chi connectivity index (χ0n) is 16.3. The third-order valence-electron chi connectivity index (χ3n) is 4.68. The number of sulfonamides is 1. The fraction of sp³-hybridized carbons (Fsp3) is 0.238. The lowest BCUT2D eigenvalue weighted by Crippen LogP contribution is -2.15. The number of amides is 1. The lowest BCUT2D eigenvalue weighted by Gasteiger charge is -2.11. The van der Waals surface area contributed by atoms with Gasteiger partial charge in [-0.1, -0.05) is 25.1 Å². The fourth-order valence-corrected chi connectivity index (χ4v) is 4.57. The number of primary amides is 1. The van der Waals surface area contributed by atoms with Gasteiger partial charge in [0.05, 0.1) is 22.5 Å². The van der Waals surface area contributed by atoms with Crippen molar-refractivity contribution in [1.29, 1.82) is 5.26 Å². The highest BCUT2D eigenvalue weighted by molar-refractivity contribution is 7.92. The number of nitrogens with one attached hydrogen (secondary N) is 1. The monoisotopic (exact) mass is 410 g/mol. The summed E-state index contributed by atoms with van der Waals surface area (Å²) in [4.78, 5) is 11.6. The molecule has 0 atom stereocenters. The molecule has 0 aliphatic rings. The molecule has 0 aliphatic heterocycles. The van der Waals surface area contributed by atoms with Crippen LogP contribution in [0.3, 0.4) is 0 Å². The average molecular weight is 410 g/mol.